The summed E-state index contributed by atoms with van der Waals surface area (Å²) in [5, 5.41) is 10.7. The topological polar surface area (TPSA) is 62.5 Å². The van der Waals surface area contributed by atoms with E-state index in [2.05, 4.69) is 53.9 Å². The van der Waals surface area contributed by atoms with E-state index in [1.165, 1.54) is 11.1 Å². The Morgan fingerprint density at radius 3 is 2.58 bits per heavy atom. The summed E-state index contributed by atoms with van der Waals surface area (Å²) in [7, 11) is 0. The molecular weight excluding hydrogens is 300 g/mol. The highest BCUT2D eigenvalue weighted by molar-refractivity contribution is 5.79. The van der Waals surface area contributed by atoms with Crippen molar-refractivity contribution in [2.24, 2.45) is 4.99 Å². The van der Waals surface area contributed by atoms with E-state index < -0.39 is 0 Å². The fraction of sp³-hybridized carbons (Fsp3) is 0.474. The largest absolute Gasteiger partial charge is 0.361 e. The maximum Gasteiger partial charge on any atom is 0.191 e. The third kappa shape index (κ3) is 5.11. The van der Waals surface area contributed by atoms with Gasteiger partial charge >= 0.3 is 0 Å². The summed E-state index contributed by atoms with van der Waals surface area (Å²) in [4.78, 5) is 4.71. The average Bonchev–Trinajstić information content (AvgIpc) is 2.92. The van der Waals surface area contributed by atoms with Crippen molar-refractivity contribution < 1.29 is 4.52 Å². The monoisotopic (exact) mass is 328 g/mol. The van der Waals surface area contributed by atoms with Crippen molar-refractivity contribution >= 4 is 5.96 Å². The lowest BCUT2D eigenvalue weighted by Crippen LogP contribution is -2.38. The van der Waals surface area contributed by atoms with Gasteiger partial charge in [-0.05, 0) is 32.8 Å². The Kier molecular flexibility index (Phi) is 6.85. The maximum atomic E-state index is 5.25. The summed E-state index contributed by atoms with van der Waals surface area (Å²) >= 11 is 0. The van der Waals surface area contributed by atoms with E-state index in [1.54, 1.807) is 0 Å². The van der Waals surface area contributed by atoms with Crippen LogP contribution in [0.25, 0.3) is 0 Å². The fourth-order valence-corrected chi connectivity index (χ4v) is 2.82. The standard InChI is InChI=1S/C19H28N4O/c1-5-20-19(21-12-11-17-9-7-6-8-10-17)22-13-14(2)18-15(3)23-24-16(18)4/h6-10,14H,5,11-13H2,1-4H3,(H2,20,21,22). The minimum absolute atomic E-state index is 0.279. The molecule has 2 N–H and O–H groups in total. The van der Waals surface area contributed by atoms with Crippen LogP contribution in [0, 0.1) is 13.8 Å². The van der Waals surface area contributed by atoms with Crippen LogP contribution in [-0.2, 0) is 6.42 Å². The molecule has 5 heteroatoms. The zero-order valence-electron chi connectivity index (χ0n) is 15.1. The van der Waals surface area contributed by atoms with E-state index in [-0.39, 0.29) is 5.92 Å². The van der Waals surface area contributed by atoms with Gasteiger partial charge in [0.2, 0.25) is 0 Å². The molecule has 0 fully saturated rings. The van der Waals surface area contributed by atoms with Gasteiger partial charge in [-0.1, -0.05) is 42.4 Å². The molecule has 1 heterocycles. The first-order chi connectivity index (χ1) is 11.6. The molecule has 0 radical (unpaired) electrons. The van der Waals surface area contributed by atoms with E-state index in [0.717, 1.165) is 36.9 Å². The Morgan fingerprint density at radius 2 is 1.96 bits per heavy atom. The first kappa shape index (κ1) is 18.0. The molecule has 1 atom stereocenters. The molecule has 0 saturated heterocycles. The smallest absolute Gasteiger partial charge is 0.191 e. The maximum absolute atomic E-state index is 5.25. The van der Waals surface area contributed by atoms with Gasteiger partial charge in [0.1, 0.15) is 5.76 Å². The van der Waals surface area contributed by atoms with Crippen LogP contribution in [0.3, 0.4) is 0 Å². The van der Waals surface area contributed by atoms with Gasteiger partial charge in [-0.25, -0.2) is 0 Å². The lowest BCUT2D eigenvalue weighted by molar-refractivity contribution is 0.391. The van der Waals surface area contributed by atoms with Gasteiger partial charge in [-0.3, -0.25) is 4.99 Å². The van der Waals surface area contributed by atoms with Gasteiger partial charge in [0.15, 0.2) is 5.96 Å². The molecule has 1 aromatic heterocycles. The second-order valence-electron chi connectivity index (χ2n) is 6.02. The number of nitrogens with zero attached hydrogens (tertiary/aromatic N) is 2. The highest BCUT2D eigenvalue weighted by atomic mass is 16.5. The second kappa shape index (κ2) is 9.11. The van der Waals surface area contributed by atoms with Crippen molar-refractivity contribution in [1.29, 1.82) is 0 Å². The molecule has 0 aliphatic rings. The molecule has 1 aromatic carbocycles. The van der Waals surface area contributed by atoms with Crippen molar-refractivity contribution in [3.8, 4) is 0 Å². The first-order valence-electron chi connectivity index (χ1n) is 8.60. The van der Waals surface area contributed by atoms with Crippen LogP contribution in [0.4, 0.5) is 0 Å². The quantitative estimate of drug-likeness (QED) is 0.605. The Labute approximate surface area is 144 Å². The lowest BCUT2D eigenvalue weighted by atomic mass is 10.00. The van der Waals surface area contributed by atoms with E-state index in [4.69, 9.17) is 9.52 Å². The molecule has 0 bridgehead atoms. The minimum Gasteiger partial charge on any atom is -0.361 e. The Morgan fingerprint density at radius 1 is 1.21 bits per heavy atom. The van der Waals surface area contributed by atoms with Gasteiger partial charge in [-0.15, -0.1) is 0 Å². The summed E-state index contributed by atoms with van der Waals surface area (Å²) < 4.78 is 5.25. The van der Waals surface area contributed by atoms with Crippen LogP contribution in [-0.4, -0.2) is 30.8 Å². The number of benzene rings is 1. The van der Waals surface area contributed by atoms with Crippen molar-refractivity contribution in [3.63, 3.8) is 0 Å². The highest BCUT2D eigenvalue weighted by Crippen LogP contribution is 2.23. The summed E-state index contributed by atoms with van der Waals surface area (Å²) in [6.45, 7) is 10.6. The van der Waals surface area contributed by atoms with Crippen LogP contribution < -0.4 is 10.6 Å². The van der Waals surface area contributed by atoms with Crippen LogP contribution in [0.1, 0.15) is 42.3 Å². The van der Waals surface area contributed by atoms with E-state index in [0.29, 0.717) is 6.54 Å². The lowest BCUT2D eigenvalue weighted by Gasteiger charge is -2.13. The highest BCUT2D eigenvalue weighted by Gasteiger charge is 2.16. The minimum atomic E-state index is 0.279. The Balaban J connectivity index is 1.90. The number of aryl methyl sites for hydroxylation is 2. The molecule has 130 valence electrons. The number of aromatic nitrogens is 1. The summed E-state index contributed by atoms with van der Waals surface area (Å²) in [5.41, 5.74) is 3.45. The van der Waals surface area contributed by atoms with E-state index in [9.17, 15) is 0 Å². The predicted molar refractivity (Wildman–Crippen MR) is 98.5 cm³/mol. The van der Waals surface area contributed by atoms with Crippen molar-refractivity contribution in [2.75, 3.05) is 19.6 Å². The Hall–Kier alpha value is -2.30. The summed E-state index contributed by atoms with van der Waals surface area (Å²) in [6, 6.07) is 10.5. The molecule has 0 amide bonds. The zero-order valence-corrected chi connectivity index (χ0v) is 15.1. The van der Waals surface area contributed by atoms with Gasteiger partial charge in [0.05, 0.1) is 5.69 Å². The first-order valence-corrected chi connectivity index (χ1v) is 8.60. The summed E-state index contributed by atoms with van der Waals surface area (Å²) in [5.74, 6) is 2.02. The van der Waals surface area contributed by atoms with E-state index in [1.807, 2.05) is 19.9 Å². The van der Waals surface area contributed by atoms with Crippen molar-refractivity contribution in [3.05, 3.63) is 52.9 Å². The van der Waals surface area contributed by atoms with Gasteiger partial charge in [0.25, 0.3) is 0 Å². The average molecular weight is 328 g/mol. The molecule has 2 rings (SSSR count). The van der Waals surface area contributed by atoms with E-state index >= 15 is 0 Å². The van der Waals surface area contributed by atoms with Crippen LogP contribution >= 0.6 is 0 Å². The SMILES string of the molecule is CCNC(=NCC(C)c1c(C)noc1C)NCCc1ccccc1. The normalized spacial score (nSPS) is 12.9. The molecule has 0 aliphatic heterocycles. The van der Waals surface area contributed by atoms with Crippen molar-refractivity contribution in [2.45, 2.75) is 40.0 Å². The zero-order chi connectivity index (χ0) is 17.4. The predicted octanol–water partition coefficient (Wildman–Crippen LogP) is 3.19. The molecule has 24 heavy (non-hydrogen) atoms. The number of rotatable bonds is 7. The van der Waals surface area contributed by atoms with Crippen LogP contribution in [0.15, 0.2) is 39.8 Å². The number of hydrogen-bond donors (Lipinski definition) is 2. The Bertz CT molecular complexity index is 629. The van der Waals surface area contributed by atoms with Crippen LogP contribution in [0.5, 0.6) is 0 Å². The third-order valence-electron chi connectivity index (χ3n) is 4.00. The number of aliphatic imine (C=N–C) groups is 1. The fourth-order valence-electron chi connectivity index (χ4n) is 2.82. The number of hydrogen-bond acceptors (Lipinski definition) is 3. The molecule has 1 unspecified atom stereocenters. The summed E-state index contributed by atoms with van der Waals surface area (Å²) in [6.07, 6.45) is 0.977. The second-order valence-corrected chi connectivity index (χ2v) is 6.02. The van der Waals surface area contributed by atoms with Gasteiger partial charge < -0.3 is 15.2 Å². The number of nitrogens with one attached hydrogen (secondary N) is 2. The molecule has 2 aromatic rings. The van der Waals surface area contributed by atoms with Crippen LogP contribution in [0.2, 0.25) is 0 Å². The molecule has 5 nitrogen and oxygen atoms in total. The molecule has 0 saturated carbocycles. The molecule has 0 spiro atoms. The number of guanidine groups is 1. The van der Waals surface area contributed by atoms with Gasteiger partial charge in [0, 0.05) is 31.1 Å². The van der Waals surface area contributed by atoms with Crippen molar-refractivity contribution in [1.82, 2.24) is 15.8 Å². The third-order valence-corrected chi connectivity index (χ3v) is 4.00. The van der Waals surface area contributed by atoms with Gasteiger partial charge in [-0.2, -0.15) is 0 Å². The molecular formula is C19H28N4O. The molecule has 0 aliphatic carbocycles.